The van der Waals surface area contributed by atoms with E-state index < -0.39 is 11.7 Å². The number of methoxy groups -OCH3 is 1. The Kier molecular flexibility index (Phi) is 5.20. The van der Waals surface area contributed by atoms with Gasteiger partial charge in [-0.15, -0.1) is 0 Å². The number of hydrogen-bond donors (Lipinski definition) is 2. The molecule has 170 valence electrons. The Bertz CT molecular complexity index is 1370. The topological polar surface area (TPSA) is 74.0 Å². The van der Waals surface area contributed by atoms with Crippen molar-refractivity contribution in [3.63, 3.8) is 0 Å². The van der Waals surface area contributed by atoms with Crippen LogP contribution in [-0.2, 0) is 25.7 Å². The first-order chi connectivity index (χ1) is 15.8. The number of hydrogen-bond acceptors (Lipinski definition) is 4. The number of nitrogens with zero attached hydrogens (tertiary/aromatic N) is 2. The number of nitrogens with one attached hydrogen (secondary N) is 2. The Hall–Kier alpha value is -3.59. The number of alkyl halides is 3. The van der Waals surface area contributed by atoms with E-state index in [-0.39, 0.29) is 11.4 Å². The highest BCUT2D eigenvalue weighted by molar-refractivity contribution is 5.84. The van der Waals surface area contributed by atoms with Gasteiger partial charge < -0.3 is 14.7 Å². The van der Waals surface area contributed by atoms with Crippen LogP contribution in [0, 0.1) is 0 Å². The van der Waals surface area contributed by atoms with Crippen molar-refractivity contribution in [2.45, 2.75) is 25.7 Å². The summed E-state index contributed by atoms with van der Waals surface area (Å²) in [5.41, 5.74) is 2.85. The summed E-state index contributed by atoms with van der Waals surface area (Å²) in [6.45, 7) is 1.84. The van der Waals surface area contributed by atoms with Crippen molar-refractivity contribution in [3.05, 3.63) is 81.4 Å². The molecule has 2 aromatic carbocycles. The summed E-state index contributed by atoms with van der Waals surface area (Å²) in [5, 5.41) is 1.07. The summed E-state index contributed by atoms with van der Waals surface area (Å²) < 4.78 is 43.9. The Balaban J connectivity index is 1.41. The first-order valence-electron chi connectivity index (χ1n) is 10.5. The van der Waals surface area contributed by atoms with E-state index in [2.05, 4.69) is 19.9 Å². The number of H-pyrrole nitrogens is 2. The molecular formula is C24H21F3N4O2. The number of fused-ring (bicyclic) bond motifs is 2. The molecule has 2 aromatic heterocycles. The van der Waals surface area contributed by atoms with Gasteiger partial charge in [0.2, 0.25) is 0 Å². The molecule has 9 heteroatoms. The van der Waals surface area contributed by atoms with E-state index in [1.54, 1.807) is 7.11 Å². The van der Waals surface area contributed by atoms with Gasteiger partial charge in [-0.25, -0.2) is 4.98 Å². The molecule has 1 aliphatic rings. The van der Waals surface area contributed by atoms with Gasteiger partial charge in [-0.2, -0.15) is 13.2 Å². The molecule has 0 radical (unpaired) electrons. The van der Waals surface area contributed by atoms with Crippen molar-refractivity contribution in [1.29, 1.82) is 0 Å². The van der Waals surface area contributed by atoms with Gasteiger partial charge in [-0.05, 0) is 42.3 Å². The van der Waals surface area contributed by atoms with E-state index in [1.807, 2.05) is 24.4 Å². The zero-order chi connectivity index (χ0) is 23.2. The number of aromatic amines is 2. The first-order valence-corrected chi connectivity index (χ1v) is 10.5. The molecule has 33 heavy (non-hydrogen) atoms. The fourth-order valence-electron chi connectivity index (χ4n) is 4.24. The maximum absolute atomic E-state index is 12.9. The Morgan fingerprint density at radius 2 is 1.94 bits per heavy atom. The molecule has 0 atom stereocenters. The lowest BCUT2D eigenvalue weighted by Crippen LogP contribution is -2.35. The van der Waals surface area contributed by atoms with Crippen LogP contribution < -0.4 is 10.3 Å². The third-order valence-corrected chi connectivity index (χ3v) is 6.01. The van der Waals surface area contributed by atoms with Gasteiger partial charge in [0, 0.05) is 47.9 Å². The van der Waals surface area contributed by atoms with Crippen molar-refractivity contribution >= 4 is 10.9 Å². The van der Waals surface area contributed by atoms with Gasteiger partial charge in [0.15, 0.2) is 0 Å². The molecular weight excluding hydrogens is 433 g/mol. The molecule has 0 bridgehead atoms. The van der Waals surface area contributed by atoms with Gasteiger partial charge in [0.1, 0.15) is 11.6 Å². The van der Waals surface area contributed by atoms with E-state index in [4.69, 9.17) is 4.74 Å². The van der Waals surface area contributed by atoms with Gasteiger partial charge in [-0.3, -0.25) is 9.69 Å². The lowest BCUT2D eigenvalue weighted by Gasteiger charge is -2.27. The summed E-state index contributed by atoms with van der Waals surface area (Å²) in [6.07, 6.45) is -1.89. The van der Waals surface area contributed by atoms with Crippen molar-refractivity contribution in [2.24, 2.45) is 0 Å². The highest BCUT2D eigenvalue weighted by Crippen LogP contribution is 2.31. The maximum Gasteiger partial charge on any atom is 0.416 e. The predicted octanol–water partition coefficient (Wildman–Crippen LogP) is 4.50. The second kappa shape index (κ2) is 8.08. The molecule has 0 saturated heterocycles. The molecule has 0 amide bonds. The average molecular weight is 454 g/mol. The van der Waals surface area contributed by atoms with Gasteiger partial charge >= 0.3 is 6.18 Å². The molecule has 0 spiro atoms. The van der Waals surface area contributed by atoms with Crippen LogP contribution in [-0.4, -0.2) is 33.5 Å². The van der Waals surface area contributed by atoms with Crippen LogP contribution in [0.3, 0.4) is 0 Å². The van der Waals surface area contributed by atoms with Crippen molar-refractivity contribution in [2.75, 3.05) is 13.7 Å². The SMILES string of the molecule is COc1ccc2[nH]cc(CN3CCc4c(nc(-c5ccc(C(F)(F)F)cc5)[nH]c4=O)C3)c2c1. The molecule has 0 saturated carbocycles. The van der Waals surface area contributed by atoms with Crippen LogP contribution in [0.25, 0.3) is 22.3 Å². The molecule has 2 N–H and O–H groups in total. The second-order valence-electron chi connectivity index (χ2n) is 8.10. The number of halogens is 3. The molecule has 3 heterocycles. The molecule has 6 nitrogen and oxygen atoms in total. The summed E-state index contributed by atoms with van der Waals surface area (Å²) in [5.74, 6) is 1.05. The van der Waals surface area contributed by atoms with Crippen LogP contribution in [0.4, 0.5) is 13.2 Å². The van der Waals surface area contributed by atoms with E-state index in [0.717, 1.165) is 34.3 Å². The third kappa shape index (κ3) is 4.11. The van der Waals surface area contributed by atoms with Gasteiger partial charge in [0.05, 0.1) is 18.4 Å². The van der Waals surface area contributed by atoms with E-state index >= 15 is 0 Å². The average Bonchev–Trinajstić information content (AvgIpc) is 3.20. The van der Waals surface area contributed by atoms with Crippen LogP contribution in [0.5, 0.6) is 5.75 Å². The predicted molar refractivity (Wildman–Crippen MR) is 118 cm³/mol. The number of ether oxygens (including phenoxy) is 1. The van der Waals surface area contributed by atoms with Crippen LogP contribution >= 0.6 is 0 Å². The van der Waals surface area contributed by atoms with Crippen LogP contribution in [0.15, 0.2) is 53.5 Å². The largest absolute Gasteiger partial charge is 0.497 e. The minimum absolute atomic E-state index is 0.244. The lowest BCUT2D eigenvalue weighted by molar-refractivity contribution is -0.137. The van der Waals surface area contributed by atoms with Crippen molar-refractivity contribution in [3.8, 4) is 17.1 Å². The van der Waals surface area contributed by atoms with Crippen LogP contribution in [0.1, 0.15) is 22.4 Å². The number of rotatable bonds is 4. The molecule has 1 aliphatic heterocycles. The minimum Gasteiger partial charge on any atom is -0.497 e. The molecule has 4 aromatic rings. The van der Waals surface area contributed by atoms with Gasteiger partial charge in [-0.1, -0.05) is 12.1 Å². The monoisotopic (exact) mass is 454 g/mol. The fourth-order valence-corrected chi connectivity index (χ4v) is 4.24. The van der Waals surface area contributed by atoms with Crippen molar-refractivity contribution < 1.29 is 17.9 Å². The number of aromatic nitrogens is 3. The molecule has 0 fully saturated rings. The quantitative estimate of drug-likeness (QED) is 0.476. The van der Waals surface area contributed by atoms with E-state index in [9.17, 15) is 18.0 Å². The van der Waals surface area contributed by atoms with E-state index in [1.165, 1.54) is 12.1 Å². The summed E-state index contributed by atoms with van der Waals surface area (Å²) in [7, 11) is 1.63. The smallest absolute Gasteiger partial charge is 0.416 e. The van der Waals surface area contributed by atoms with Crippen molar-refractivity contribution in [1.82, 2.24) is 19.9 Å². The fraction of sp³-hybridized carbons (Fsp3) is 0.250. The highest BCUT2D eigenvalue weighted by atomic mass is 19.4. The summed E-state index contributed by atoms with van der Waals surface area (Å²) >= 11 is 0. The summed E-state index contributed by atoms with van der Waals surface area (Å²) in [6, 6.07) is 10.5. The third-order valence-electron chi connectivity index (χ3n) is 6.01. The second-order valence-corrected chi connectivity index (χ2v) is 8.10. The Labute approximate surface area is 187 Å². The van der Waals surface area contributed by atoms with E-state index in [0.29, 0.717) is 42.9 Å². The lowest BCUT2D eigenvalue weighted by atomic mass is 10.0. The van der Waals surface area contributed by atoms with Crippen LogP contribution in [0.2, 0.25) is 0 Å². The highest BCUT2D eigenvalue weighted by Gasteiger charge is 2.30. The molecule has 0 aliphatic carbocycles. The molecule has 5 rings (SSSR count). The minimum atomic E-state index is -4.41. The molecule has 0 unspecified atom stereocenters. The Morgan fingerprint density at radius 1 is 1.15 bits per heavy atom. The maximum atomic E-state index is 12.9. The van der Waals surface area contributed by atoms with Gasteiger partial charge in [0.25, 0.3) is 5.56 Å². The normalized spacial score (nSPS) is 14.4. The standard InChI is InChI=1S/C24H21F3N4O2/c1-33-17-6-7-20-19(10-17)15(11-28-20)12-31-9-8-18-21(13-31)29-22(30-23(18)32)14-2-4-16(5-3-14)24(25,26)27/h2-7,10-11,28H,8-9,12-13H2,1H3,(H,29,30,32). The Morgan fingerprint density at radius 3 is 2.67 bits per heavy atom. The zero-order valence-corrected chi connectivity index (χ0v) is 17.8. The first kappa shape index (κ1) is 21.3. The zero-order valence-electron chi connectivity index (χ0n) is 17.8. The summed E-state index contributed by atoms with van der Waals surface area (Å²) in [4.78, 5) is 25.4. The number of benzene rings is 2.